The number of nitrogen functional groups attached to an aromatic ring is 1. The van der Waals surface area contributed by atoms with Gasteiger partial charge in [0, 0.05) is 10.7 Å². The number of halogens is 2. The smallest absolute Gasteiger partial charge is 0.141 e. The average Bonchev–Trinajstić information content (AvgIpc) is 1.88. The first-order valence-electron chi connectivity index (χ1n) is 2.66. The van der Waals surface area contributed by atoms with Gasteiger partial charge in [-0.15, -0.1) is 12.4 Å². The highest BCUT2D eigenvalue weighted by molar-refractivity contribution is 9.10. The average molecular weight is 236 g/mol. The SMILES string of the molecule is Cl.N=C(N)c1ccc(Br)cn1. The lowest BCUT2D eigenvalue weighted by molar-refractivity contribution is 1.24. The molecule has 1 rings (SSSR count). The summed E-state index contributed by atoms with van der Waals surface area (Å²) in [6.45, 7) is 0. The van der Waals surface area contributed by atoms with Gasteiger partial charge in [-0.2, -0.15) is 0 Å². The van der Waals surface area contributed by atoms with E-state index in [4.69, 9.17) is 11.1 Å². The molecule has 0 aliphatic rings. The number of pyridine rings is 1. The summed E-state index contributed by atoms with van der Waals surface area (Å²) in [4.78, 5) is 3.88. The fraction of sp³-hybridized carbons (Fsp3) is 0. The molecule has 11 heavy (non-hydrogen) atoms. The Kier molecular flexibility index (Phi) is 4.07. The molecule has 0 saturated carbocycles. The minimum absolute atomic E-state index is 0. The first-order chi connectivity index (χ1) is 4.70. The third-order valence-corrected chi connectivity index (χ3v) is 1.47. The zero-order valence-corrected chi connectivity index (χ0v) is 7.95. The van der Waals surface area contributed by atoms with Gasteiger partial charge >= 0.3 is 0 Å². The zero-order valence-electron chi connectivity index (χ0n) is 5.54. The summed E-state index contributed by atoms with van der Waals surface area (Å²) >= 11 is 3.22. The topological polar surface area (TPSA) is 62.8 Å². The number of aromatic nitrogens is 1. The summed E-state index contributed by atoms with van der Waals surface area (Å²) in [5.41, 5.74) is 5.67. The first kappa shape index (κ1) is 10.4. The first-order valence-corrected chi connectivity index (χ1v) is 3.45. The van der Waals surface area contributed by atoms with Gasteiger partial charge in [0.2, 0.25) is 0 Å². The van der Waals surface area contributed by atoms with E-state index in [1.54, 1.807) is 18.3 Å². The molecule has 0 unspecified atom stereocenters. The monoisotopic (exact) mass is 235 g/mol. The number of nitrogens with two attached hydrogens (primary N) is 1. The molecule has 0 aliphatic heterocycles. The second-order valence-corrected chi connectivity index (χ2v) is 2.69. The highest BCUT2D eigenvalue weighted by Crippen LogP contribution is 2.06. The number of nitrogens with zero attached hydrogens (tertiary/aromatic N) is 1. The van der Waals surface area contributed by atoms with Gasteiger partial charge in [0.25, 0.3) is 0 Å². The van der Waals surface area contributed by atoms with Gasteiger partial charge in [0.1, 0.15) is 11.5 Å². The molecule has 1 aromatic rings. The van der Waals surface area contributed by atoms with Crippen LogP contribution in [0.5, 0.6) is 0 Å². The molecule has 60 valence electrons. The Hall–Kier alpha value is -0.610. The molecule has 5 heteroatoms. The molecule has 1 heterocycles. The summed E-state index contributed by atoms with van der Waals surface area (Å²) < 4.78 is 0.887. The minimum atomic E-state index is -0.00694. The minimum Gasteiger partial charge on any atom is -0.382 e. The maximum absolute atomic E-state index is 7.01. The molecule has 0 radical (unpaired) electrons. The zero-order chi connectivity index (χ0) is 7.56. The van der Waals surface area contributed by atoms with Crippen LogP contribution < -0.4 is 5.73 Å². The van der Waals surface area contributed by atoms with E-state index in [-0.39, 0.29) is 18.2 Å². The lowest BCUT2D eigenvalue weighted by Crippen LogP contribution is -2.12. The molecular weight excluding hydrogens is 229 g/mol. The van der Waals surface area contributed by atoms with Crippen LogP contribution in [0.15, 0.2) is 22.8 Å². The number of hydrogen-bond acceptors (Lipinski definition) is 2. The predicted octanol–water partition coefficient (Wildman–Crippen LogP) is 1.55. The number of hydrogen-bond donors (Lipinski definition) is 2. The molecule has 0 aromatic carbocycles. The Morgan fingerprint density at radius 3 is 2.55 bits per heavy atom. The van der Waals surface area contributed by atoms with Crippen molar-refractivity contribution in [2.24, 2.45) is 5.73 Å². The third-order valence-electron chi connectivity index (χ3n) is 1.00. The van der Waals surface area contributed by atoms with Crippen LogP contribution in [-0.4, -0.2) is 10.8 Å². The van der Waals surface area contributed by atoms with Gasteiger partial charge in [0.05, 0.1) is 0 Å². The molecule has 0 spiro atoms. The van der Waals surface area contributed by atoms with Crippen LogP contribution in [0.4, 0.5) is 0 Å². The summed E-state index contributed by atoms with van der Waals surface area (Å²) in [6.07, 6.45) is 1.61. The summed E-state index contributed by atoms with van der Waals surface area (Å²) in [5.74, 6) is -0.00694. The number of rotatable bonds is 1. The van der Waals surface area contributed by atoms with Gasteiger partial charge in [-0.1, -0.05) is 0 Å². The second kappa shape index (κ2) is 4.31. The molecule has 0 saturated heterocycles. The normalized spacial score (nSPS) is 8.45. The molecule has 0 amide bonds. The van der Waals surface area contributed by atoms with Crippen molar-refractivity contribution < 1.29 is 0 Å². The Morgan fingerprint density at radius 1 is 1.55 bits per heavy atom. The molecule has 0 bridgehead atoms. The van der Waals surface area contributed by atoms with Crippen molar-refractivity contribution in [3.05, 3.63) is 28.5 Å². The predicted molar refractivity (Wildman–Crippen MR) is 50.2 cm³/mol. The van der Waals surface area contributed by atoms with E-state index in [9.17, 15) is 0 Å². The maximum Gasteiger partial charge on any atom is 0.141 e. The van der Waals surface area contributed by atoms with Crippen LogP contribution in [0.3, 0.4) is 0 Å². The number of amidine groups is 1. The molecule has 3 nitrogen and oxygen atoms in total. The Bertz CT molecular complexity index is 247. The molecule has 1 aromatic heterocycles. The van der Waals surface area contributed by atoms with Crippen LogP contribution in [0.25, 0.3) is 0 Å². The van der Waals surface area contributed by atoms with Crippen molar-refractivity contribution in [1.29, 1.82) is 5.41 Å². The molecule has 3 N–H and O–H groups in total. The van der Waals surface area contributed by atoms with E-state index in [0.29, 0.717) is 5.69 Å². The maximum atomic E-state index is 7.01. The third kappa shape index (κ3) is 2.86. The van der Waals surface area contributed by atoms with Crippen molar-refractivity contribution in [2.45, 2.75) is 0 Å². The summed E-state index contributed by atoms with van der Waals surface area (Å²) in [7, 11) is 0. The van der Waals surface area contributed by atoms with Gasteiger partial charge in [0.15, 0.2) is 0 Å². The highest BCUT2D eigenvalue weighted by atomic mass is 79.9. The lowest BCUT2D eigenvalue weighted by Gasteiger charge is -1.94. The lowest BCUT2D eigenvalue weighted by atomic mass is 10.3. The van der Waals surface area contributed by atoms with Crippen molar-refractivity contribution in [3.63, 3.8) is 0 Å². The largest absolute Gasteiger partial charge is 0.382 e. The van der Waals surface area contributed by atoms with E-state index < -0.39 is 0 Å². The van der Waals surface area contributed by atoms with E-state index in [2.05, 4.69) is 20.9 Å². The Labute approximate surface area is 79.1 Å². The van der Waals surface area contributed by atoms with Crippen LogP contribution in [0, 0.1) is 5.41 Å². The van der Waals surface area contributed by atoms with Crippen LogP contribution in [-0.2, 0) is 0 Å². The molecule has 0 aliphatic carbocycles. The van der Waals surface area contributed by atoms with Gasteiger partial charge in [-0.25, -0.2) is 0 Å². The van der Waals surface area contributed by atoms with E-state index in [1.807, 2.05) is 0 Å². The second-order valence-electron chi connectivity index (χ2n) is 1.78. The molecule has 0 fully saturated rings. The van der Waals surface area contributed by atoms with Crippen LogP contribution in [0.2, 0.25) is 0 Å². The van der Waals surface area contributed by atoms with E-state index in [1.165, 1.54) is 0 Å². The van der Waals surface area contributed by atoms with Crippen molar-refractivity contribution in [2.75, 3.05) is 0 Å². The molecular formula is C6H7BrClN3. The number of nitrogens with one attached hydrogen (secondary N) is 1. The van der Waals surface area contributed by atoms with Crippen LogP contribution >= 0.6 is 28.3 Å². The van der Waals surface area contributed by atoms with Gasteiger partial charge in [-0.05, 0) is 28.1 Å². The summed E-state index contributed by atoms with van der Waals surface area (Å²) in [6, 6.07) is 3.48. The van der Waals surface area contributed by atoms with Gasteiger partial charge < -0.3 is 5.73 Å². The fourth-order valence-electron chi connectivity index (χ4n) is 0.535. The Morgan fingerprint density at radius 2 is 2.18 bits per heavy atom. The van der Waals surface area contributed by atoms with Crippen molar-refractivity contribution >= 4 is 34.2 Å². The Balaban J connectivity index is 0.000001000. The highest BCUT2D eigenvalue weighted by Gasteiger charge is 1.94. The summed E-state index contributed by atoms with van der Waals surface area (Å²) in [5, 5.41) is 7.01. The van der Waals surface area contributed by atoms with Crippen molar-refractivity contribution in [1.82, 2.24) is 4.98 Å². The molecule has 0 atom stereocenters. The van der Waals surface area contributed by atoms with E-state index in [0.717, 1.165) is 4.47 Å². The standard InChI is InChI=1S/C6H6BrN3.ClH/c7-4-1-2-5(6(8)9)10-3-4;/h1-3H,(H3,8,9);1H. The van der Waals surface area contributed by atoms with Gasteiger partial charge in [-0.3, -0.25) is 10.4 Å². The quantitative estimate of drug-likeness (QED) is 0.574. The van der Waals surface area contributed by atoms with Crippen LogP contribution in [0.1, 0.15) is 5.69 Å². The van der Waals surface area contributed by atoms with Crippen molar-refractivity contribution in [3.8, 4) is 0 Å². The van der Waals surface area contributed by atoms with E-state index >= 15 is 0 Å². The fourth-order valence-corrected chi connectivity index (χ4v) is 0.770.